The Morgan fingerprint density at radius 2 is 1.78 bits per heavy atom. The number of nitrogens with zero attached hydrogens (tertiary/aromatic N) is 3. The van der Waals surface area contributed by atoms with Crippen LogP contribution < -0.4 is 10.6 Å². The molecule has 1 aliphatic rings. The number of terminal acetylenes is 2. The molecule has 1 heterocycles. The lowest BCUT2D eigenvalue weighted by molar-refractivity contribution is -0.137. The Balaban J connectivity index is 1.90. The van der Waals surface area contributed by atoms with Crippen molar-refractivity contribution < 1.29 is 29.0 Å². The Labute approximate surface area is 306 Å². The Morgan fingerprint density at radius 3 is 2.41 bits per heavy atom. The molecule has 0 radical (unpaired) electrons. The first kappa shape index (κ1) is 41.6. The van der Waals surface area contributed by atoms with Crippen LogP contribution in [0.5, 0.6) is 0 Å². The number of hydrogen-bond donors (Lipinski definition) is 4. The minimum Gasteiger partial charge on any atom is -0.390 e. The summed E-state index contributed by atoms with van der Waals surface area (Å²) in [7, 11) is 3.22. The maximum absolute atomic E-state index is 14.3. The van der Waals surface area contributed by atoms with Gasteiger partial charge in [0.2, 0.25) is 17.7 Å². The molecule has 3 amide bonds. The summed E-state index contributed by atoms with van der Waals surface area (Å²) in [5, 5.41) is 29.9. The zero-order chi connectivity index (χ0) is 37.2. The molecule has 0 spiro atoms. The van der Waals surface area contributed by atoms with E-state index < -0.39 is 54.7 Å². The lowest BCUT2D eigenvalue weighted by atomic mass is 9.82. The number of alkyl halides is 1. The first-order valence-electron chi connectivity index (χ1n) is 17.8. The molecule has 10 nitrogen and oxygen atoms in total. The summed E-state index contributed by atoms with van der Waals surface area (Å²) in [5.74, 6) is 2.13. The maximum atomic E-state index is 14.3. The van der Waals surface area contributed by atoms with Gasteiger partial charge in [0.15, 0.2) is 0 Å². The van der Waals surface area contributed by atoms with E-state index in [9.17, 15) is 29.0 Å². The van der Waals surface area contributed by atoms with E-state index in [1.807, 2.05) is 30.3 Å². The lowest BCUT2D eigenvalue weighted by Gasteiger charge is -2.34. The number of thiazole rings is 1. The molecule has 3 rings (SSSR count). The third-order valence-corrected chi connectivity index (χ3v) is 10.3. The van der Waals surface area contributed by atoms with Gasteiger partial charge in [-0.05, 0) is 44.2 Å². The van der Waals surface area contributed by atoms with Gasteiger partial charge in [-0.1, -0.05) is 68.4 Å². The van der Waals surface area contributed by atoms with Gasteiger partial charge in [0, 0.05) is 38.4 Å². The van der Waals surface area contributed by atoms with E-state index in [2.05, 4.69) is 27.5 Å². The number of rotatable bonds is 21. The summed E-state index contributed by atoms with van der Waals surface area (Å²) in [4.78, 5) is 49.1. The molecule has 278 valence electrons. The van der Waals surface area contributed by atoms with Crippen molar-refractivity contribution in [2.24, 2.45) is 11.8 Å². The molecule has 51 heavy (non-hydrogen) atoms. The number of aliphatic hydroxyl groups is 2. The zero-order valence-electron chi connectivity index (χ0n) is 29.9. The van der Waals surface area contributed by atoms with E-state index in [0.717, 1.165) is 37.7 Å². The Kier molecular flexibility index (Phi) is 18.1. The van der Waals surface area contributed by atoms with Crippen LogP contribution in [0.15, 0.2) is 41.2 Å². The third-order valence-electron chi connectivity index (χ3n) is 9.69. The standard InChI is InChI=1S/C39H54FN5O5S/c1-5-7-10-19-34(46)37(48)32(23-29-17-13-9-14-18-29)42-39(50)36(31(6-2)33-25-51-27-41-33)43-38(49)30(22-28-15-11-8-12-16-28)24-35(47)45(4)21-20-44(3)26-40/h1-2,8,11-12,15-16,25,27,29-32,34,36-37,46,48H,7,9-10,13-14,17-24,26H2,3-4H3,(H,42,50)(H,43,49)/t30?,31?,32?,34?,36-,37?/m0/s1. The summed E-state index contributed by atoms with van der Waals surface area (Å²) in [6, 6.07) is 7.16. The van der Waals surface area contributed by atoms with Crippen LogP contribution in [0.25, 0.3) is 0 Å². The van der Waals surface area contributed by atoms with Crippen molar-refractivity contribution in [2.45, 2.75) is 101 Å². The number of hydrogen-bond acceptors (Lipinski definition) is 8. The number of halogens is 1. The number of likely N-dealkylation sites (N-methyl/N-ethyl adjacent to an activating group) is 2. The number of carbonyl (C=O) groups is 3. The third kappa shape index (κ3) is 13.7. The van der Waals surface area contributed by atoms with Crippen LogP contribution in [-0.2, 0) is 20.8 Å². The predicted octanol–water partition coefficient (Wildman–Crippen LogP) is 3.89. The first-order valence-corrected chi connectivity index (χ1v) is 18.8. The van der Waals surface area contributed by atoms with E-state index in [0.29, 0.717) is 31.5 Å². The van der Waals surface area contributed by atoms with Gasteiger partial charge in [-0.15, -0.1) is 30.1 Å². The number of amides is 3. The largest absolute Gasteiger partial charge is 0.390 e. The van der Waals surface area contributed by atoms with Crippen molar-refractivity contribution in [1.29, 1.82) is 0 Å². The first-order chi connectivity index (χ1) is 24.6. The molecule has 1 aromatic heterocycles. The minimum absolute atomic E-state index is 0.158. The molecule has 4 N–H and O–H groups in total. The molecule has 2 aromatic rings. The predicted molar refractivity (Wildman–Crippen MR) is 198 cm³/mol. The smallest absolute Gasteiger partial charge is 0.244 e. The second-order valence-electron chi connectivity index (χ2n) is 13.7. The average molecular weight is 724 g/mol. The van der Waals surface area contributed by atoms with Gasteiger partial charge < -0.3 is 25.7 Å². The monoisotopic (exact) mass is 723 g/mol. The number of aromatic nitrogens is 1. The quantitative estimate of drug-likeness (QED) is 0.0873. The molecule has 6 atom stereocenters. The second kappa shape index (κ2) is 22.2. The molecule has 0 saturated heterocycles. The highest BCUT2D eigenvalue weighted by molar-refractivity contribution is 7.07. The summed E-state index contributed by atoms with van der Waals surface area (Å²) in [6.07, 6.45) is 15.9. The maximum Gasteiger partial charge on any atom is 0.244 e. The Hall–Kier alpha value is -3.81. The van der Waals surface area contributed by atoms with Gasteiger partial charge >= 0.3 is 0 Å². The van der Waals surface area contributed by atoms with Gasteiger partial charge in [-0.3, -0.25) is 19.3 Å². The van der Waals surface area contributed by atoms with Crippen molar-refractivity contribution in [1.82, 2.24) is 25.4 Å². The number of carbonyl (C=O) groups excluding carboxylic acids is 3. The lowest BCUT2D eigenvalue weighted by Crippen LogP contribution is -2.57. The van der Waals surface area contributed by atoms with E-state index in [1.54, 1.807) is 25.0 Å². The Morgan fingerprint density at radius 1 is 1.06 bits per heavy atom. The van der Waals surface area contributed by atoms with Crippen molar-refractivity contribution in [2.75, 3.05) is 34.0 Å². The van der Waals surface area contributed by atoms with E-state index >= 15 is 0 Å². The molecule has 1 aromatic carbocycles. The van der Waals surface area contributed by atoms with Gasteiger partial charge in [-0.2, -0.15) is 0 Å². The van der Waals surface area contributed by atoms with E-state index in [1.165, 1.54) is 21.1 Å². The fourth-order valence-electron chi connectivity index (χ4n) is 6.52. The van der Waals surface area contributed by atoms with Gasteiger partial charge in [0.1, 0.15) is 12.8 Å². The average Bonchev–Trinajstić information content (AvgIpc) is 3.68. The summed E-state index contributed by atoms with van der Waals surface area (Å²) in [6.45, 7) is -0.0596. The normalized spacial score (nSPS) is 16.9. The molecular weight excluding hydrogens is 670 g/mol. The van der Waals surface area contributed by atoms with Gasteiger partial charge in [-0.25, -0.2) is 9.37 Å². The molecular formula is C39H54FN5O5S. The fraction of sp³-hybridized carbons (Fsp3) is 0.590. The van der Waals surface area contributed by atoms with Crippen LogP contribution in [0.4, 0.5) is 4.39 Å². The Bertz CT molecular complexity index is 1430. The van der Waals surface area contributed by atoms with Crippen LogP contribution in [-0.4, -0.2) is 101 Å². The molecule has 1 fully saturated rings. The summed E-state index contributed by atoms with van der Waals surface area (Å²) < 4.78 is 13.0. The molecule has 5 unspecified atom stereocenters. The molecule has 1 saturated carbocycles. The molecule has 0 aliphatic heterocycles. The van der Waals surface area contributed by atoms with E-state index in [4.69, 9.17) is 12.8 Å². The summed E-state index contributed by atoms with van der Waals surface area (Å²) >= 11 is 1.30. The van der Waals surface area contributed by atoms with Crippen LogP contribution in [0.2, 0.25) is 0 Å². The number of unbranched alkanes of at least 4 members (excludes halogenated alkanes) is 1. The van der Waals surface area contributed by atoms with Crippen LogP contribution in [0.3, 0.4) is 0 Å². The van der Waals surface area contributed by atoms with Crippen molar-refractivity contribution in [3.8, 4) is 24.7 Å². The van der Waals surface area contributed by atoms with Crippen molar-refractivity contribution in [3.63, 3.8) is 0 Å². The zero-order valence-corrected chi connectivity index (χ0v) is 30.7. The number of aliphatic hydroxyl groups excluding tert-OH is 2. The van der Waals surface area contributed by atoms with Crippen LogP contribution in [0.1, 0.15) is 81.4 Å². The van der Waals surface area contributed by atoms with Crippen LogP contribution in [0, 0.1) is 36.5 Å². The van der Waals surface area contributed by atoms with Gasteiger partial charge in [0.05, 0.1) is 41.3 Å². The number of nitrogens with one attached hydrogen (secondary N) is 2. The van der Waals surface area contributed by atoms with E-state index in [-0.39, 0.29) is 37.6 Å². The van der Waals surface area contributed by atoms with Crippen LogP contribution >= 0.6 is 11.3 Å². The van der Waals surface area contributed by atoms with Crippen molar-refractivity contribution >= 4 is 29.1 Å². The highest BCUT2D eigenvalue weighted by Crippen LogP contribution is 2.29. The highest BCUT2D eigenvalue weighted by Gasteiger charge is 2.38. The topological polar surface area (TPSA) is 135 Å². The second-order valence-corrected chi connectivity index (χ2v) is 14.4. The highest BCUT2D eigenvalue weighted by atomic mass is 32.1. The molecule has 1 aliphatic carbocycles. The SMILES string of the molecule is C#CCCCC(O)C(O)C(CC1CCCCC1)NC(=O)[C@@H](NC(=O)C(CC(=O)N(C)CCN(C)CF)Cc1ccccc1)C(C#C)c1cscn1. The molecule has 0 bridgehead atoms. The van der Waals surface area contributed by atoms with Crippen molar-refractivity contribution in [3.05, 3.63) is 52.5 Å². The minimum atomic E-state index is -1.30. The van der Waals surface area contributed by atoms with Gasteiger partial charge in [0.25, 0.3) is 0 Å². The molecule has 12 heteroatoms. The number of benzene rings is 1. The summed E-state index contributed by atoms with van der Waals surface area (Å²) in [5.41, 5.74) is 2.84. The fourth-order valence-corrected chi connectivity index (χ4v) is 7.11.